The molecule has 0 aromatic carbocycles. The first-order valence-electron chi connectivity index (χ1n) is 5.63. The second-order valence-corrected chi connectivity index (χ2v) is 4.04. The van der Waals surface area contributed by atoms with Crippen molar-refractivity contribution < 1.29 is 9.47 Å². The molecule has 0 spiro atoms. The highest BCUT2D eigenvalue weighted by molar-refractivity contribution is 6.19. The summed E-state index contributed by atoms with van der Waals surface area (Å²) in [4.78, 5) is 4.10. The van der Waals surface area contributed by atoms with E-state index in [0.717, 1.165) is 37.4 Å². The molecule has 0 bridgehead atoms. The third-order valence-electron chi connectivity index (χ3n) is 2.48. The molecule has 3 nitrogen and oxygen atoms in total. The van der Waals surface area contributed by atoms with Crippen molar-refractivity contribution in [1.29, 1.82) is 0 Å². The Morgan fingerprint density at radius 2 is 2.24 bits per heavy atom. The lowest BCUT2D eigenvalue weighted by atomic mass is 10.1. The van der Waals surface area contributed by atoms with Crippen LogP contribution in [0.4, 0.5) is 0 Å². The third kappa shape index (κ3) is 3.92. The van der Waals surface area contributed by atoms with Gasteiger partial charge in [-0.1, -0.05) is 11.8 Å². The van der Waals surface area contributed by atoms with E-state index in [0.29, 0.717) is 5.88 Å². The van der Waals surface area contributed by atoms with Crippen LogP contribution < -0.4 is 4.74 Å². The van der Waals surface area contributed by atoms with Crippen molar-refractivity contribution >= 4 is 11.6 Å². The van der Waals surface area contributed by atoms with Gasteiger partial charge in [-0.15, -0.1) is 11.6 Å². The average molecular weight is 252 g/mol. The van der Waals surface area contributed by atoms with Gasteiger partial charge in [0.05, 0.1) is 25.3 Å². The molecule has 0 aliphatic carbocycles. The molecule has 1 aromatic rings. The van der Waals surface area contributed by atoms with E-state index in [1.807, 2.05) is 6.07 Å². The van der Waals surface area contributed by atoms with E-state index in [1.54, 1.807) is 12.4 Å². The quantitative estimate of drug-likeness (QED) is 0.597. The standard InChI is InChI=1S/C13H14ClNO2/c14-5-1-2-11-8-13(10-15-9-11)17-12-3-6-16-7-4-12/h8-10,12H,3-7H2. The van der Waals surface area contributed by atoms with Gasteiger partial charge in [0.1, 0.15) is 11.9 Å². The molecular formula is C13H14ClNO2. The monoisotopic (exact) mass is 251 g/mol. The summed E-state index contributed by atoms with van der Waals surface area (Å²) in [6, 6.07) is 1.89. The summed E-state index contributed by atoms with van der Waals surface area (Å²) in [5, 5.41) is 0. The van der Waals surface area contributed by atoms with Crippen LogP contribution in [0.1, 0.15) is 18.4 Å². The molecule has 0 amide bonds. The molecule has 17 heavy (non-hydrogen) atoms. The van der Waals surface area contributed by atoms with Crippen molar-refractivity contribution in [3.8, 4) is 17.6 Å². The smallest absolute Gasteiger partial charge is 0.139 e. The van der Waals surface area contributed by atoms with Crippen molar-refractivity contribution in [2.75, 3.05) is 19.1 Å². The first-order valence-corrected chi connectivity index (χ1v) is 6.16. The lowest BCUT2D eigenvalue weighted by Crippen LogP contribution is -2.25. The molecule has 2 rings (SSSR count). The molecular weight excluding hydrogens is 238 g/mol. The second-order valence-electron chi connectivity index (χ2n) is 3.77. The Morgan fingerprint density at radius 1 is 1.41 bits per heavy atom. The summed E-state index contributed by atoms with van der Waals surface area (Å²) >= 11 is 5.51. The summed E-state index contributed by atoms with van der Waals surface area (Å²) in [5.41, 5.74) is 0.829. The summed E-state index contributed by atoms with van der Waals surface area (Å²) in [5.74, 6) is 6.80. The van der Waals surface area contributed by atoms with E-state index in [2.05, 4.69) is 16.8 Å². The maximum Gasteiger partial charge on any atom is 0.139 e. The zero-order valence-electron chi connectivity index (χ0n) is 9.49. The van der Waals surface area contributed by atoms with Crippen molar-refractivity contribution in [2.24, 2.45) is 0 Å². The molecule has 1 fully saturated rings. The molecule has 0 unspecified atom stereocenters. The van der Waals surface area contributed by atoms with E-state index in [4.69, 9.17) is 21.1 Å². The van der Waals surface area contributed by atoms with Crippen LogP contribution in [0.2, 0.25) is 0 Å². The van der Waals surface area contributed by atoms with E-state index in [9.17, 15) is 0 Å². The normalized spacial score (nSPS) is 16.1. The molecule has 1 aliphatic heterocycles. The minimum absolute atomic E-state index is 0.224. The number of halogens is 1. The van der Waals surface area contributed by atoms with Gasteiger partial charge in [-0.3, -0.25) is 4.98 Å². The van der Waals surface area contributed by atoms with Crippen molar-refractivity contribution in [2.45, 2.75) is 18.9 Å². The highest BCUT2D eigenvalue weighted by atomic mass is 35.5. The molecule has 0 radical (unpaired) electrons. The summed E-state index contributed by atoms with van der Waals surface area (Å²) in [6.45, 7) is 1.54. The predicted octanol–water partition coefficient (Wildman–Crippen LogP) is 2.23. The Morgan fingerprint density at radius 3 is 3.00 bits per heavy atom. The number of hydrogen-bond donors (Lipinski definition) is 0. The molecule has 0 N–H and O–H groups in total. The van der Waals surface area contributed by atoms with Crippen LogP contribution >= 0.6 is 11.6 Å². The van der Waals surface area contributed by atoms with Gasteiger partial charge in [-0.25, -0.2) is 0 Å². The van der Waals surface area contributed by atoms with Gasteiger partial charge in [0.2, 0.25) is 0 Å². The molecule has 0 atom stereocenters. The van der Waals surface area contributed by atoms with Gasteiger partial charge < -0.3 is 9.47 Å². The van der Waals surface area contributed by atoms with Crippen LogP contribution in [0.5, 0.6) is 5.75 Å². The van der Waals surface area contributed by atoms with Gasteiger partial charge in [-0.05, 0) is 6.07 Å². The fraction of sp³-hybridized carbons (Fsp3) is 0.462. The van der Waals surface area contributed by atoms with E-state index in [1.165, 1.54) is 0 Å². The van der Waals surface area contributed by atoms with Gasteiger partial charge in [0.25, 0.3) is 0 Å². The van der Waals surface area contributed by atoms with Crippen LogP contribution in [0.15, 0.2) is 18.5 Å². The maximum absolute atomic E-state index is 5.83. The van der Waals surface area contributed by atoms with E-state index in [-0.39, 0.29) is 6.10 Å². The number of aromatic nitrogens is 1. The minimum atomic E-state index is 0.224. The summed E-state index contributed by atoms with van der Waals surface area (Å²) in [6.07, 6.45) is 5.49. The first kappa shape index (κ1) is 12.2. The zero-order valence-corrected chi connectivity index (χ0v) is 10.2. The van der Waals surface area contributed by atoms with Crippen molar-refractivity contribution in [1.82, 2.24) is 4.98 Å². The lowest BCUT2D eigenvalue weighted by molar-refractivity contribution is 0.0254. The van der Waals surface area contributed by atoms with Gasteiger partial charge in [0.15, 0.2) is 0 Å². The summed E-state index contributed by atoms with van der Waals surface area (Å²) < 4.78 is 11.1. The molecule has 2 heterocycles. The Kier molecular flexibility index (Phi) is 4.66. The van der Waals surface area contributed by atoms with E-state index < -0.39 is 0 Å². The number of hydrogen-bond acceptors (Lipinski definition) is 3. The van der Waals surface area contributed by atoms with Crippen molar-refractivity contribution in [3.05, 3.63) is 24.0 Å². The molecule has 0 saturated carbocycles. The van der Waals surface area contributed by atoms with Crippen LogP contribution in [0.3, 0.4) is 0 Å². The first-order chi connectivity index (χ1) is 8.38. The van der Waals surface area contributed by atoms with E-state index >= 15 is 0 Å². The topological polar surface area (TPSA) is 31.4 Å². The van der Waals surface area contributed by atoms with Crippen LogP contribution in [-0.4, -0.2) is 30.2 Å². The zero-order chi connectivity index (χ0) is 11.9. The average Bonchev–Trinajstić information content (AvgIpc) is 2.38. The third-order valence-corrected chi connectivity index (χ3v) is 2.62. The van der Waals surface area contributed by atoms with Crippen molar-refractivity contribution in [3.63, 3.8) is 0 Å². The number of ether oxygens (including phenoxy) is 2. The molecule has 4 heteroatoms. The molecule has 90 valence electrons. The minimum Gasteiger partial charge on any atom is -0.489 e. The maximum atomic E-state index is 5.83. The predicted molar refractivity (Wildman–Crippen MR) is 66.3 cm³/mol. The van der Waals surface area contributed by atoms with Gasteiger partial charge in [-0.2, -0.15) is 0 Å². The number of alkyl halides is 1. The molecule has 1 aromatic heterocycles. The van der Waals surface area contributed by atoms with Crippen LogP contribution in [-0.2, 0) is 4.74 Å². The fourth-order valence-electron chi connectivity index (χ4n) is 1.67. The fourth-order valence-corrected chi connectivity index (χ4v) is 1.74. The Hall–Kier alpha value is -1.24. The number of rotatable bonds is 2. The highest BCUT2D eigenvalue weighted by Crippen LogP contribution is 2.17. The van der Waals surface area contributed by atoms with Gasteiger partial charge >= 0.3 is 0 Å². The Bertz CT molecular complexity index is 419. The van der Waals surface area contributed by atoms with Crippen LogP contribution in [0.25, 0.3) is 0 Å². The highest BCUT2D eigenvalue weighted by Gasteiger charge is 2.15. The van der Waals surface area contributed by atoms with Crippen LogP contribution in [0, 0.1) is 11.8 Å². The second kappa shape index (κ2) is 6.48. The Labute approximate surface area is 106 Å². The van der Waals surface area contributed by atoms with Gasteiger partial charge in [0, 0.05) is 24.6 Å². The summed E-state index contributed by atoms with van der Waals surface area (Å²) in [7, 11) is 0. The molecule has 1 aliphatic rings. The largest absolute Gasteiger partial charge is 0.489 e. The lowest BCUT2D eigenvalue weighted by Gasteiger charge is -2.23. The number of pyridine rings is 1. The molecule has 1 saturated heterocycles. The SMILES string of the molecule is ClCC#Cc1cncc(OC2CCOCC2)c1. The number of nitrogens with zero attached hydrogens (tertiary/aromatic N) is 1. The Balaban J connectivity index is 2.00.